The van der Waals surface area contributed by atoms with E-state index in [1.807, 2.05) is 12.1 Å². The van der Waals surface area contributed by atoms with Crippen molar-refractivity contribution in [1.82, 2.24) is 15.2 Å². The van der Waals surface area contributed by atoms with Gasteiger partial charge in [-0.2, -0.15) is 5.26 Å². The molecule has 140 valence electrons. The van der Waals surface area contributed by atoms with Crippen molar-refractivity contribution in [2.24, 2.45) is 0 Å². The first-order chi connectivity index (χ1) is 13.5. The van der Waals surface area contributed by atoms with Gasteiger partial charge in [0.05, 0.1) is 11.6 Å². The van der Waals surface area contributed by atoms with E-state index in [9.17, 15) is 9.90 Å². The molecule has 0 unspecified atom stereocenters. The van der Waals surface area contributed by atoms with E-state index in [0.29, 0.717) is 27.9 Å². The van der Waals surface area contributed by atoms with Gasteiger partial charge in [-0.15, -0.1) is 5.10 Å². The molecule has 0 radical (unpaired) electrons. The number of carboxylic acids is 1. The Morgan fingerprint density at radius 1 is 1.29 bits per heavy atom. The molecule has 3 aromatic rings. The molecule has 0 saturated carbocycles. The Balaban J connectivity index is 1.69. The molecule has 1 heterocycles. The van der Waals surface area contributed by atoms with Crippen LogP contribution in [0.1, 0.15) is 22.5 Å². The maximum Gasteiger partial charge on any atom is 0.342 e. The second-order valence-electron chi connectivity index (χ2n) is 5.75. The van der Waals surface area contributed by atoms with Gasteiger partial charge < -0.3 is 9.84 Å². The van der Waals surface area contributed by atoms with Crippen molar-refractivity contribution in [3.63, 3.8) is 0 Å². The topological polar surface area (TPSA) is 112 Å². The van der Waals surface area contributed by atoms with Crippen LogP contribution in [0.25, 0.3) is 6.08 Å². The summed E-state index contributed by atoms with van der Waals surface area (Å²) in [6.07, 6.45) is 1.55. The highest BCUT2D eigenvalue weighted by Gasteiger charge is 2.13. The number of aromatic amines is 1. The molecule has 0 aliphatic rings. The van der Waals surface area contributed by atoms with E-state index in [0.717, 1.165) is 17.3 Å². The predicted molar refractivity (Wildman–Crippen MR) is 105 cm³/mol. The van der Waals surface area contributed by atoms with Gasteiger partial charge in [-0.05, 0) is 48.5 Å². The summed E-state index contributed by atoms with van der Waals surface area (Å²) in [4.78, 5) is 15.7. The van der Waals surface area contributed by atoms with E-state index in [1.54, 1.807) is 49.4 Å². The van der Waals surface area contributed by atoms with Crippen molar-refractivity contribution in [3.05, 3.63) is 76.0 Å². The zero-order chi connectivity index (χ0) is 19.9. The molecule has 1 aromatic heterocycles. The van der Waals surface area contributed by atoms with Gasteiger partial charge in [0.15, 0.2) is 0 Å². The van der Waals surface area contributed by atoms with Crippen molar-refractivity contribution in [1.29, 1.82) is 5.26 Å². The number of carboxylic acid groups (broad SMARTS) is 1. The number of aromatic nitrogens is 3. The number of ether oxygens (including phenoxy) is 1. The van der Waals surface area contributed by atoms with Gasteiger partial charge in [-0.25, -0.2) is 9.78 Å². The van der Waals surface area contributed by atoms with Crippen LogP contribution in [0.15, 0.2) is 58.6 Å². The largest absolute Gasteiger partial charge is 0.489 e. The van der Waals surface area contributed by atoms with E-state index in [-0.39, 0.29) is 11.5 Å². The average molecular weight is 392 g/mol. The van der Waals surface area contributed by atoms with Gasteiger partial charge >= 0.3 is 5.97 Å². The molecular weight excluding hydrogens is 376 g/mol. The first-order valence-corrected chi connectivity index (χ1v) is 9.09. The maximum atomic E-state index is 11.5. The van der Waals surface area contributed by atoms with Gasteiger partial charge in [0.25, 0.3) is 0 Å². The smallest absolute Gasteiger partial charge is 0.342 e. The molecule has 0 atom stereocenters. The predicted octanol–water partition coefficient (Wildman–Crippen LogP) is 3.78. The number of thioether (sulfide) groups is 1. The summed E-state index contributed by atoms with van der Waals surface area (Å²) >= 11 is 0.975. The summed E-state index contributed by atoms with van der Waals surface area (Å²) < 4.78 is 5.72. The van der Waals surface area contributed by atoms with Crippen LogP contribution in [0.2, 0.25) is 0 Å². The van der Waals surface area contributed by atoms with Crippen molar-refractivity contribution in [3.8, 4) is 11.8 Å². The molecule has 7 nitrogen and oxygen atoms in total. The monoisotopic (exact) mass is 392 g/mol. The fraction of sp³-hybridized carbons (Fsp3) is 0.100. The number of hydrogen-bond donors (Lipinski definition) is 2. The number of rotatable bonds is 7. The Morgan fingerprint density at radius 3 is 2.68 bits per heavy atom. The molecule has 28 heavy (non-hydrogen) atoms. The van der Waals surface area contributed by atoms with Crippen LogP contribution in [0, 0.1) is 18.3 Å². The Hall–Kier alpha value is -3.57. The molecule has 0 bridgehead atoms. The zero-order valence-corrected chi connectivity index (χ0v) is 15.7. The minimum atomic E-state index is -1.05. The molecule has 0 saturated heterocycles. The SMILES string of the molecule is Cc1nc(SC(=Cc2ccc(OCc3ccccc3C#N)cc2)C(=O)O)n[nH]1. The summed E-state index contributed by atoms with van der Waals surface area (Å²) in [5.41, 5.74) is 2.09. The van der Waals surface area contributed by atoms with E-state index in [1.165, 1.54) is 0 Å². The molecule has 0 spiro atoms. The lowest BCUT2D eigenvalue weighted by Crippen LogP contribution is -1.98. The van der Waals surface area contributed by atoms with Crippen LogP contribution < -0.4 is 4.74 Å². The summed E-state index contributed by atoms with van der Waals surface area (Å²) in [6.45, 7) is 2.02. The number of H-pyrrole nitrogens is 1. The molecule has 0 amide bonds. The zero-order valence-electron chi connectivity index (χ0n) is 14.9. The third-order valence-electron chi connectivity index (χ3n) is 3.70. The molecule has 0 fully saturated rings. The van der Waals surface area contributed by atoms with E-state index >= 15 is 0 Å². The average Bonchev–Trinajstić information content (AvgIpc) is 3.11. The minimum absolute atomic E-state index is 0.107. The molecule has 0 aliphatic heterocycles. The number of nitrogens with one attached hydrogen (secondary N) is 1. The molecule has 0 aliphatic carbocycles. The van der Waals surface area contributed by atoms with E-state index in [2.05, 4.69) is 21.3 Å². The fourth-order valence-corrected chi connectivity index (χ4v) is 3.08. The molecule has 8 heteroatoms. The lowest BCUT2D eigenvalue weighted by Gasteiger charge is -2.08. The third-order valence-corrected chi connectivity index (χ3v) is 4.58. The highest BCUT2D eigenvalue weighted by molar-refractivity contribution is 8.04. The standard InChI is InChI=1S/C20H16N4O3S/c1-13-22-20(24-23-13)28-18(19(25)26)10-14-6-8-17(9-7-14)27-12-16-5-3-2-4-15(16)11-21/h2-10H,12H2,1H3,(H,25,26)(H,22,23,24). The number of aryl methyl sites for hydroxylation is 1. The van der Waals surface area contributed by atoms with Crippen molar-refractivity contribution >= 4 is 23.8 Å². The Morgan fingerprint density at radius 2 is 2.04 bits per heavy atom. The van der Waals surface area contributed by atoms with Gasteiger partial charge in [-0.1, -0.05) is 30.3 Å². The molecule has 3 rings (SSSR count). The van der Waals surface area contributed by atoms with E-state index < -0.39 is 5.97 Å². The molecule has 2 aromatic carbocycles. The van der Waals surface area contributed by atoms with Crippen LogP contribution in [0.5, 0.6) is 5.75 Å². The van der Waals surface area contributed by atoms with Crippen LogP contribution in [-0.4, -0.2) is 26.3 Å². The Labute approximate surface area is 165 Å². The highest BCUT2D eigenvalue weighted by atomic mass is 32.2. The number of aliphatic carboxylic acids is 1. The van der Waals surface area contributed by atoms with Crippen molar-refractivity contribution < 1.29 is 14.6 Å². The maximum absolute atomic E-state index is 11.5. The van der Waals surface area contributed by atoms with Gasteiger partial charge in [0.2, 0.25) is 5.16 Å². The van der Waals surface area contributed by atoms with Crippen LogP contribution in [-0.2, 0) is 11.4 Å². The summed E-state index contributed by atoms with van der Waals surface area (Å²) in [7, 11) is 0. The van der Waals surface area contributed by atoms with Gasteiger partial charge in [0, 0.05) is 5.56 Å². The quantitative estimate of drug-likeness (QED) is 0.465. The second kappa shape index (κ2) is 8.88. The number of carbonyl (C=O) groups is 1. The van der Waals surface area contributed by atoms with Crippen LogP contribution in [0.3, 0.4) is 0 Å². The van der Waals surface area contributed by atoms with Crippen LogP contribution >= 0.6 is 11.8 Å². The molecule has 2 N–H and O–H groups in total. The first kappa shape index (κ1) is 19.2. The number of nitrogens with zero attached hydrogens (tertiary/aromatic N) is 3. The highest BCUT2D eigenvalue weighted by Crippen LogP contribution is 2.26. The summed E-state index contributed by atoms with van der Waals surface area (Å²) in [6, 6.07) is 16.4. The lowest BCUT2D eigenvalue weighted by molar-refractivity contribution is -0.131. The fourth-order valence-electron chi connectivity index (χ4n) is 2.33. The number of benzene rings is 2. The van der Waals surface area contributed by atoms with Crippen molar-refractivity contribution in [2.75, 3.05) is 0 Å². The normalized spacial score (nSPS) is 11.1. The van der Waals surface area contributed by atoms with Crippen molar-refractivity contribution in [2.45, 2.75) is 18.7 Å². The number of nitriles is 1. The van der Waals surface area contributed by atoms with Gasteiger partial charge in [0.1, 0.15) is 23.1 Å². The Kier molecular flexibility index (Phi) is 6.09. The van der Waals surface area contributed by atoms with E-state index in [4.69, 9.17) is 10.00 Å². The summed E-state index contributed by atoms with van der Waals surface area (Å²) in [5, 5.41) is 25.5. The lowest BCUT2D eigenvalue weighted by atomic mass is 10.1. The van der Waals surface area contributed by atoms with Gasteiger partial charge in [-0.3, -0.25) is 5.10 Å². The molecular formula is C20H16N4O3S. The first-order valence-electron chi connectivity index (χ1n) is 8.28. The number of hydrogen-bond acceptors (Lipinski definition) is 6. The Bertz CT molecular complexity index is 1050. The minimum Gasteiger partial charge on any atom is -0.489 e. The third kappa shape index (κ3) is 4.99. The second-order valence-corrected chi connectivity index (χ2v) is 6.75. The van der Waals surface area contributed by atoms with Crippen LogP contribution in [0.4, 0.5) is 0 Å². The summed E-state index contributed by atoms with van der Waals surface area (Å²) in [5.74, 6) is 0.187.